The average Bonchev–Trinajstić information content (AvgIpc) is 3.35. The van der Waals surface area contributed by atoms with Crippen molar-refractivity contribution in [1.29, 1.82) is 5.26 Å². The number of nitriles is 1. The normalized spacial score (nSPS) is 16.8. The zero-order valence-corrected chi connectivity index (χ0v) is 14.1. The molecule has 25 heavy (non-hydrogen) atoms. The van der Waals surface area contributed by atoms with Crippen LogP contribution in [0, 0.1) is 11.2 Å². The summed E-state index contributed by atoms with van der Waals surface area (Å²) in [5.41, 5.74) is 5.91. The summed E-state index contributed by atoms with van der Waals surface area (Å²) in [6.45, 7) is 0.0430. The fraction of sp³-hybridized carbons (Fsp3) is 0.263. The van der Waals surface area contributed by atoms with E-state index in [0.717, 1.165) is 52.7 Å². The highest BCUT2D eigenvalue weighted by Crippen LogP contribution is 2.36. The Morgan fingerprint density at radius 1 is 1.24 bits per heavy atom. The average molecular weight is 328 g/mol. The van der Waals surface area contributed by atoms with Crippen LogP contribution in [0.2, 0.25) is 12.6 Å². The van der Waals surface area contributed by atoms with Crippen molar-refractivity contribution in [3.63, 3.8) is 0 Å². The van der Waals surface area contributed by atoms with Gasteiger partial charge in [-0.25, -0.2) is 5.26 Å². The van der Waals surface area contributed by atoms with Crippen LogP contribution in [0.4, 0.5) is 0 Å². The van der Waals surface area contributed by atoms with Crippen molar-refractivity contribution < 1.29 is 4.79 Å². The second-order valence-corrected chi connectivity index (χ2v) is 6.62. The maximum Gasteiger partial charge on any atom is 0.276 e. The third kappa shape index (κ3) is 2.94. The molecule has 122 valence electrons. The van der Waals surface area contributed by atoms with Gasteiger partial charge in [0.1, 0.15) is 0 Å². The summed E-state index contributed by atoms with van der Waals surface area (Å²) in [5.74, 6) is 2.51. The van der Waals surface area contributed by atoms with Gasteiger partial charge in [0.2, 0.25) is 0 Å². The fourth-order valence-electron chi connectivity index (χ4n) is 3.49. The van der Waals surface area contributed by atoms with E-state index < -0.39 is 0 Å². The lowest BCUT2D eigenvalue weighted by molar-refractivity contribution is -0.114. The summed E-state index contributed by atoms with van der Waals surface area (Å²) >= 11 is 0. The SMILES string of the molecule is Cn1ccc(-c2cc(C3=CC(=O)CC3)ncc2C2=CCB(C#N)C2)n1. The molecule has 1 aliphatic heterocycles. The van der Waals surface area contributed by atoms with Gasteiger partial charge in [-0.1, -0.05) is 6.08 Å². The maximum atomic E-state index is 11.6. The van der Waals surface area contributed by atoms with Crippen molar-refractivity contribution in [3.05, 3.63) is 47.9 Å². The third-order valence-electron chi connectivity index (χ3n) is 4.84. The van der Waals surface area contributed by atoms with Gasteiger partial charge in [-0.3, -0.25) is 14.5 Å². The van der Waals surface area contributed by atoms with Gasteiger partial charge in [0.25, 0.3) is 6.71 Å². The zero-order chi connectivity index (χ0) is 17.4. The summed E-state index contributed by atoms with van der Waals surface area (Å²) in [6, 6.07) is 4.01. The van der Waals surface area contributed by atoms with Gasteiger partial charge in [0.15, 0.2) is 5.78 Å². The Bertz CT molecular complexity index is 964. The number of hydrogen-bond donors (Lipinski definition) is 0. The van der Waals surface area contributed by atoms with E-state index in [1.54, 1.807) is 10.8 Å². The number of carbonyl (C=O) groups is 1. The highest BCUT2D eigenvalue weighted by molar-refractivity contribution is 6.70. The van der Waals surface area contributed by atoms with Crippen LogP contribution in [0.3, 0.4) is 0 Å². The van der Waals surface area contributed by atoms with E-state index in [0.29, 0.717) is 6.42 Å². The number of allylic oxidation sites excluding steroid dienone is 4. The molecule has 0 saturated carbocycles. The van der Waals surface area contributed by atoms with Crippen molar-refractivity contribution in [1.82, 2.24) is 14.8 Å². The Labute approximate surface area is 146 Å². The maximum absolute atomic E-state index is 11.6. The van der Waals surface area contributed by atoms with Gasteiger partial charge in [0.05, 0.1) is 11.4 Å². The molecule has 0 bridgehead atoms. The zero-order valence-electron chi connectivity index (χ0n) is 14.1. The highest BCUT2D eigenvalue weighted by Gasteiger charge is 2.25. The second kappa shape index (κ2) is 6.17. The predicted octanol–water partition coefficient (Wildman–Crippen LogP) is 3.18. The quantitative estimate of drug-likeness (QED) is 0.811. The van der Waals surface area contributed by atoms with Gasteiger partial charge in [-0.15, -0.1) is 0 Å². The Morgan fingerprint density at radius 2 is 2.12 bits per heavy atom. The van der Waals surface area contributed by atoms with Gasteiger partial charge >= 0.3 is 0 Å². The van der Waals surface area contributed by atoms with Crippen LogP contribution in [0.15, 0.2) is 36.7 Å². The van der Waals surface area contributed by atoms with E-state index in [1.165, 1.54) is 0 Å². The fourth-order valence-corrected chi connectivity index (χ4v) is 3.49. The summed E-state index contributed by atoms with van der Waals surface area (Å²) in [5, 5.41) is 13.7. The molecule has 2 aromatic heterocycles. The summed E-state index contributed by atoms with van der Waals surface area (Å²) in [4.78, 5) is 16.2. The van der Waals surface area contributed by atoms with Crippen LogP contribution in [0.1, 0.15) is 24.1 Å². The Hall–Kier alpha value is -2.94. The van der Waals surface area contributed by atoms with Crippen LogP contribution in [0.5, 0.6) is 0 Å². The molecule has 0 radical (unpaired) electrons. The molecule has 0 aromatic carbocycles. The summed E-state index contributed by atoms with van der Waals surface area (Å²) in [7, 11) is 1.89. The van der Waals surface area contributed by atoms with Crippen molar-refractivity contribution in [3.8, 4) is 17.2 Å². The molecule has 4 rings (SSSR count). The molecule has 0 N–H and O–H groups in total. The van der Waals surface area contributed by atoms with E-state index in [2.05, 4.69) is 22.1 Å². The number of aromatic nitrogens is 3. The summed E-state index contributed by atoms with van der Waals surface area (Å²) < 4.78 is 1.78. The predicted molar refractivity (Wildman–Crippen MR) is 97.6 cm³/mol. The number of hydrogen-bond acceptors (Lipinski definition) is 4. The Balaban J connectivity index is 1.80. The largest absolute Gasteiger partial charge is 0.295 e. The van der Waals surface area contributed by atoms with Crippen molar-refractivity contribution in [2.45, 2.75) is 25.5 Å². The first-order chi connectivity index (χ1) is 12.1. The molecule has 0 spiro atoms. The topological polar surface area (TPSA) is 71.6 Å². The Morgan fingerprint density at radius 3 is 2.76 bits per heavy atom. The van der Waals surface area contributed by atoms with Gasteiger partial charge in [-0.2, -0.15) is 5.10 Å². The van der Waals surface area contributed by atoms with Gasteiger partial charge in [0, 0.05) is 43.0 Å². The molecule has 0 atom stereocenters. The van der Waals surface area contributed by atoms with Gasteiger partial charge in [-0.05, 0) is 48.4 Å². The minimum Gasteiger partial charge on any atom is -0.295 e. The molecule has 1 aliphatic carbocycles. The van der Waals surface area contributed by atoms with E-state index in [4.69, 9.17) is 0 Å². The van der Waals surface area contributed by atoms with Crippen LogP contribution in [-0.2, 0) is 11.8 Å². The second-order valence-electron chi connectivity index (χ2n) is 6.62. The molecular formula is C19H17BN4O. The van der Waals surface area contributed by atoms with Crippen LogP contribution in [-0.4, -0.2) is 27.3 Å². The minimum atomic E-state index is 0.0430. The summed E-state index contributed by atoms with van der Waals surface area (Å²) in [6.07, 6.45) is 10.5. The first-order valence-electron chi connectivity index (χ1n) is 8.47. The number of nitrogens with zero attached hydrogens (tertiary/aromatic N) is 4. The third-order valence-corrected chi connectivity index (χ3v) is 4.84. The lowest BCUT2D eigenvalue weighted by Crippen LogP contribution is -2.03. The first-order valence-corrected chi connectivity index (χ1v) is 8.47. The van der Waals surface area contributed by atoms with Gasteiger partial charge < -0.3 is 0 Å². The molecule has 5 nitrogen and oxygen atoms in total. The Kier molecular flexibility index (Phi) is 3.85. The molecule has 0 fully saturated rings. The highest BCUT2D eigenvalue weighted by atomic mass is 16.1. The lowest BCUT2D eigenvalue weighted by Gasteiger charge is -2.11. The van der Waals surface area contributed by atoms with Crippen LogP contribution < -0.4 is 0 Å². The number of carbonyl (C=O) groups excluding carboxylic acids is 1. The monoisotopic (exact) mass is 328 g/mol. The number of aryl methyl sites for hydroxylation is 1. The first kappa shape index (κ1) is 15.6. The number of pyridine rings is 1. The molecule has 6 heteroatoms. The minimum absolute atomic E-state index is 0.0430. The molecule has 0 unspecified atom stereocenters. The molecule has 0 amide bonds. The van der Waals surface area contributed by atoms with E-state index in [-0.39, 0.29) is 12.5 Å². The van der Waals surface area contributed by atoms with E-state index in [1.807, 2.05) is 31.6 Å². The molecular weight excluding hydrogens is 311 g/mol. The standard InChI is InChI=1S/C19H17BN4O/c1-24-7-5-18(23-24)16-9-19(13-2-3-15(25)8-13)22-11-17(16)14-4-6-20(10-14)12-21/h4-5,7-9,11H,2-3,6,10H2,1H3. The molecule has 2 aliphatic rings. The molecule has 2 aromatic rings. The van der Waals surface area contributed by atoms with Crippen LogP contribution in [0.25, 0.3) is 22.4 Å². The lowest BCUT2D eigenvalue weighted by atomic mass is 9.49. The van der Waals surface area contributed by atoms with Crippen molar-refractivity contribution >= 4 is 23.6 Å². The van der Waals surface area contributed by atoms with E-state index >= 15 is 0 Å². The van der Waals surface area contributed by atoms with Crippen LogP contribution >= 0.6 is 0 Å². The van der Waals surface area contributed by atoms with E-state index in [9.17, 15) is 10.1 Å². The van der Waals surface area contributed by atoms with Crippen molar-refractivity contribution in [2.75, 3.05) is 0 Å². The number of ketones is 1. The number of rotatable bonds is 3. The van der Waals surface area contributed by atoms with Crippen molar-refractivity contribution in [2.24, 2.45) is 7.05 Å². The smallest absolute Gasteiger partial charge is 0.276 e. The molecule has 3 heterocycles. The molecule has 0 saturated heterocycles.